The molecule has 0 aliphatic carbocycles. The zero-order valence-corrected chi connectivity index (χ0v) is 10.5. The van der Waals surface area contributed by atoms with E-state index < -0.39 is 48.0 Å². The van der Waals surface area contributed by atoms with Gasteiger partial charge in [0.25, 0.3) is 0 Å². The second-order valence-corrected chi connectivity index (χ2v) is 4.34. The van der Waals surface area contributed by atoms with E-state index in [1.165, 1.54) is 0 Å². The molecule has 1 atom stereocenters. The van der Waals surface area contributed by atoms with Crippen LogP contribution in [0.15, 0.2) is 0 Å². The summed E-state index contributed by atoms with van der Waals surface area (Å²) in [5.74, 6) is -40.7. The molecule has 0 N–H and O–H groups in total. The highest BCUT2D eigenvalue weighted by Crippen LogP contribution is 2.61. The molecule has 0 saturated heterocycles. The van der Waals surface area contributed by atoms with E-state index in [1.807, 2.05) is 0 Å². The summed E-state index contributed by atoms with van der Waals surface area (Å²) in [5, 5.41) is 0. The molecule has 0 heterocycles. The number of halogens is 13. The van der Waals surface area contributed by atoms with Crippen molar-refractivity contribution in [2.45, 2.75) is 42.7 Å². The van der Waals surface area contributed by atoms with Gasteiger partial charge < -0.3 is 4.79 Å². The van der Waals surface area contributed by atoms with Crippen LogP contribution in [0.1, 0.15) is 6.92 Å². The molecule has 14 heteroatoms. The van der Waals surface area contributed by atoms with E-state index in [9.17, 15) is 61.9 Å². The van der Waals surface area contributed by atoms with Crippen LogP contribution in [-0.2, 0) is 4.79 Å². The van der Waals surface area contributed by atoms with Crippen molar-refractivity contribution in [2.75, 3.05) is 0 Å². The lowest BCUT2D eigenvalue weighted by atomic mass is 9.89. The van der Waals surface area contributed by atoms with Crippen LogP contribution in [0, 0.1) is 5.92 Å². The first-order valence-electron chi connectivity index (χ1n) is 5.14. The monoisotopic (exact) mass is 376 g/mol. The summed E-state index contributed by atoms with van der Waals surface area (Å²) in [4.78, 5) is 9.96. The molecule has 0 aromatic carbocycles. The molecular weight excluding hydrogens is 371 g/mol. The molecular formula is C9H5F13O. The van der Waals surface area contributed by atoms with Gasteiger partial charge in [0.1, 0.15) is 6.29 Å². The van der Waals surface area contributed by atoms with Crippen molar-refractivity contribution < 1.29 is 61.9 Å². The maximum Gasteiger partial charge on any atom is 0.460 e. The fraction of sp³-hybridized carbons (Fsp3) is 0.889. The van der Waals surface area contributed by atoms with Crippen molar-refractivity contribution in [1.29, 1.82) is 0 Å². The largest absolute Gasteiger partial charge is 0.460 e. The lowest BCUT2D eigenvalue weighted by Gasteiger charge is -2.40. The van der Waals surface area contributed by atoms with Crippen molar-refractivity contribution in [3.05, 3.63) is 0 Å². The van der Waals surface area contributed by atoms with E-state index in [2.05, 4.69) is 0 Å². The third-order valence-electron chi connectivity index (χ3n) is 2.73. The standard InChI is InChI=1S/C9H5F13O/c1-3(2-23)4(10,11)5(12,13)6(14,15)7(16,17)8(18,19)9(20,21)22/h2-3H,1H3/t3-/m0/s1. The molecule has 0 spiro atoms. The van der Waals surface area contributed by atoms with E-state index in [0.29, 0.717) is 0 Å². The SMILES string of the molecule is C[C@@H](C=O)C(F)(F)C(F)(F)C(F)(F)C(F)(F)C(F)(F)C(F)(F)F. The number of carbonyl (C=O) groups excluding carboxylic acids is 1. The molecule has 0 aliphatic rings. The van der Waals surface area contributed by atoms with Crippen LogP contribution in [0.3, 0.4) is 0 Å². The molecule has 0 amide bonds. The highest BCUT2D eigenvalue weighted by atomic mass is 19.4. The predicted molar refractivity (Wildman–Crippen MR) is 46.0 cm³/mol. The third-order valence-corrected chi connectivity index (χ3v) is 2.73. The Morgan fingerprint density at radius 2 is 0.913 bits per heavy atom. The van der Waals surface area contributed by atoms with Gasteiger partial charge in [-0.15, -0.1) is 0 Å². The molecule has 0 fully saturated rings. The van der Waals surface area contributed by atoms with Gasteiger partial charge in [-0.1, -0.05) is 0 Å². The Morgan fingerprint density at radius 1 is 0.609 bits per heavy atom. The van der Waals surface area contributed by atoms with Gasteiger partial charge in [0.2, 0.25) is 0 Å². The van der Waals surface area contributed by atoms with Crippen molar-refractivity contribution in [1.82, 2.24) is 0 Å². The molecule has 138 valence electrons. The summed E-state index contributed by atoms with van der Waals surface area (Å²) >= 11 is 0. The van der Waals surface area contributed by atoms with Crippen molar-refractivity contribution in [2.24, 2.45) is 5.92 Å². The van der Waals surface area contributed by atoms with Gasteiger partial charge >= 0.3 is 35.8 Å². The summed E-state index contributed by atoms with van der Waals surface area (Å²) in [7, 11) is 0. The fourth-order valence-electron chi connectivity index (χ4n) is 1.15. The maximum absolute atomic E-state index is 13.0. The average Bonchev–Trinajstić information content (AvgIpc) is 2.35. The van der Waals surface area contributed by atoms with Gasteiger partial charge in [-0.2, -0.15) is 57.1 Å². The van der Waals surface area contributed by atoms with Crippen LogP contribution in [0.5, 0.6) is 0 Å². The number of rotatable bonds is 6. The molecule has 23 heavy (non-hydrogen) atoms. The zero-order valence-electron chi connectivity index (χ0n) is 10.5. The molecule has 1 nitrogen and oxygen atoms in total. The molecule has 0 aromatic heterocycles. The Bertz CT molecular complexity index is 449. The van der Waals surface area contributed by atoms with Gasteiger partial charge in [-0.25, -0.2) is 0 Å². The van der Waals surface area contributed by atoms with Gasteiger partial charge in [0.05, 0.1) is 5.92 Å². The van der Waals surface area contributed by atoms with E-state index in [0.717, 1.165) is 0 Å². The van der Waals surface area contributed by atoms with Crippen LogP contribution >= 0.6 is 0 Å². The molecule has 0 radical (unpaired) electrons. The van der Waals surface area contributed by atoms with Crippen molar-refractivity contribution in [3.8, 4) is 0 Å². The van der Waals surface area contributed by atoms with Crippen LogP contribution in [0.2, 0.25) is 0 Å². The number of hydrogen-bond acceptors (Lipinski definition) is 1. The summed E-state index contributed by atoms with van der Waals surface area (Å²) < 4.78 is 163. The van der Waals surface area contributed by atoms with Crippen LogP contribution < -0.4 is 0 Å². The minimum absolute atomic E-state index is 0.156. The Morgan fingerprint density at radius 3 is 1.17 bits per heavy atom. The molecule has 0 aromatic rings. The van der Waals surface area contributed by atoms with E-state index in [4.69, 9.17) is 0 Å². The second kappa shape index (κ2) is 5.40. The van der Waals surface area contributed by atoms with Crippen molar-refractivity contribution in [3.63, 3.8) is 0 Å². The first-order chi connectivity index (χ1) is 9.73. The minimum atomic E-state index is -7.94. The molecule has 0 aliphatic heterocycles. The molecule has 0 unspecified atom stereocenters. The summed E-state index contributed by atoms with van der Waals surface area (Å²) in [6.07, 6.45) is -8.54. The molecule has 0 bridgehead atoms. The lowest BCUT2D eigenvalue weighted by molar-refractivity contribution is -0.441. The lowest BCUT2D eigenvalue weighted by Crippen LogP contribution is -2.70. The number of alkyl halides is 13. The quantitative estimate of drug-likeness (QED) is 0.491. The Balaban J connectivity index is 6.30. The maximum atomic E-state index is 13.0. The number of hydrogen-bond donors (Lipinski definition) is 0. The predicted octanol–water partition coefficient (Wildman–Crippen LogP) is 4.56. The van der Waals surface area contributed by atoms with Crippen LogP contribution in [-0.4, -0.2) is 42.1 Å². The highest BCUT2D eigenvalue weighted by Gasteiger charge is 2.91. The Labute approximate surface area is 118 Å². The van der Waals surface area contributed by atoms with E-state index in [1.54, 1.807) is 0 Å². The van der Waals surface area contributed by atoms with Crippen LogP contribution in [0.4, 0.5) is 57.1 Å². The first-order valence-corrected chi connectivity index (χ1v) is 5.14. The molecule has 0 saturated carbocycles. The van der Waals surface area contributed by atoms with Gasteiger partial charge in [0.15, 0.2) is 0 Å². The summed E-state index contributed by atoms with van der Waals surface area (Å²) in [6.45, 7) is -0.156. The van der Waals surface area contributed by atoms with Crippen LogP contribution in [0.25, 0.3) is 0 Å². The third kappa shape index (κ3) is 2.73. The fourth-order valence-corrected chi connectivity index (χ4v) is 1.15. The molecule has 0 rings (SSSR count). The Hall–Kier alpha value is -1.24. The van der Waals surface area contributed by atoms with Gasteiger partial charge in [0, 0.05) is 0 Å². The van der Waals surface area contributed by atoms with Gasteiger partial charge in [-0.3, -0.25) is 0 Å². The smallest absolute Gasteiger partial charge is 0.303 e. The zero-order chi connectivity index (χ0) is 19.3. The van der Waals surface area contributed by atoms with Gasteiger partial charge in [-0.05, 0) is 6.92 Å². The van der Waals surface area contributed by atoms with Crippen molar-refractivity contribution >= 4 is 6.29 Å². The summed E-state index contributed by atoms with van der Waals surface area (Å²) in [5.41, 5.74) is 0. The summed E-state index contributed by atoms with van der Waals surface area (Å²) in [6, 6.07) is 0. The normalized spacial score (nSPS) is 17.1. The highest BCUT2D eigenvalue weighted by molar-refractivity contribution is 5.55. The minimum Gasteiger partial charge on any atom is -0.303 e. The number of aldehydes is 1. The van der Waals surface area contributed by atoms with E-state index in [-0.39, 0.29) is 6.92 Å². The topological polar surface area (TPSA) is 17.1 Å². The first kappa shape index (κ1) is 21.8. The van der Waals surface area contributed by atoms with E-state index >= 15 is 0 Å². The average molecular weight is 376 g/mol. The second-order valence-electron chi connectivity index (χ2n) is 4.34. The number of carbonyl (C=O) groups is 1. The Kier molecular flexibility index (Phi) is 5.10.